The number of aryl methyl sites for hydroxylation is 2. The van der Waals surface area contributed by atoms with E-state index < -0.39 is 17.6 Å². The van der Waals surface area contributed by atoms with E-state index in [0.29, 0.717) is 38.1 Å². The van der Waals surface area contributed by atoms with Crippen molar-refractivity contribution < 1.29 is 17.6 Å². The van der Waals surface area contributed by atoms with Crippen LogP contribution < -0.4 is 16.3 Å². The van der Waals surface area contributed by atoms with Crippen molar-refractivity contribution in [2.75, 3.05) is 13.6 Å². The average molecular weight is 428 g/mol. The normalized spacial score (nSPS) is 14.5. The molecule has 2 aromatic rings. The summed E-state index contributed by atoms with van der Waals surface area (Å²) in [5.41, 5.74) is -1.21. The van der Waals surface area contributed by atoms with Crippen molar-refractivity contribution in [2.45, 2.75) is 51.5 Å². The number of rotatable bonds is 6. The van der Waals surface area contributed by atoms with Crippen molar-refractivity contribution in [3.8, 4) is 0 Å². The Bertz CT molecular complexity index is 963. The summed E-state index contributed by atoms with van der Waals surface area (Å²) < 4.78 is 55.6. The number of alkyl halides is 3. The van der Waals surface area contributed by atoms with E-state index in [1.165, 1.54) is 11.7 Å². The molecule has 0 aliphatic carbocycles. The lowest BCUT2D eigenvalue weighted by molar-refractivity contribution is -0.138. The largest absolute Gasteiger partial charge is 0.416 e. The number of aliphatic imine (C=N–C) groups is 1. The molecule has 2 N–H and O–H groups in total. The molecule has 0 bridgehead atoms. The van der Waals surface area contributed by atoms with Crippen molar-refractivity contribution in [3.63, 3.8) is 0 Å². The second-order valence-electron chi connectivity index (χ2n) is 7.04. The van der Waals surface area contributed by atoms with Crippen LogP contribution >= 0.6 is 0 Å². The first-order valence-electron chi connectivity index (χ1n) is 9.76. The van der Waals surface area contributed by atoms with Crippen LogP contribution in [-0.2, 0) is 32.2 Å². The first kappa shape index (κ1) is 21.8. The van der Waals surface area contributed by atoms with Crippen LogP contribution in [0.3, 0.4) is 0 Å². The Labute approximate surface area is 170 Å². The number of hydrogen-bond donors (Lipinski definition) is 2. The van der Waals surface area contributed by atoms with Gasteiger partial charge in [0.1, 0.15) is 11.6 Å². The number of benzene rings is 1. The summed E-state index contributed by atoms with van der Waals surface area (Å²) in [6.45, 7) is 1.41. The highest BCUT2D eigenvalue weighted by Gasteiger charge is 2.33. The molecule has 7 nitrogen and oxygen atoms in total. The predicted octanol–water partition coefficient (Wildman–Crippen LogP) is 2.29. The Kier molecular flexibility index (Phi) is 6.78. The average Bonchev–Trinajstić information content (AvgIpc) is 3.03. The summed E-state index contributed by atoms with van der Waals surface area (Å²) in [7, 11) is 1.50. The van der Waals surface area contributed by atoms with Gasteiger partial charge in [-0.2, -0.15) is 18.3 Å². The Morgan fingerprint density at radius 2 is 2.07 bits per heavy atom. The molecule has 0 saturated heterocycles. The summed E-state index contributed by atoms with van der Waals surface area (Å²) in [5, 5.41) is 10.1. The van der Waals surface area contributed by atoms with Gasteiger partial charge >= 0.3 is 11.9 Å². The van der Waals surface area contributed by atoms with Crippen molar-refractivity contribution in [3.05, 3.63) is 51.5 Å². The molecule has 0 amide bonds. The van der Waals surface area contributed by atoms with Gasteiger partial charge in [-0.1, -0.05) is 6.07 Å². The minimum Gasteiger partial charge on any atom is -0.356 e. The Morgan fingerprint density at radius 1 is 1.27 bits per heavy atom. The Hall–Kier alpha value is -2.85. The van der Waals surface area contributed by atoms with E-state index >= 15 is 0 Å². The molecule has 1 aliphatic rings. The molecule has 1 aromatic heterocycles. The molecule has 0 radical (unpaired) electrons. The third-order valence-electron chi connectivity index (χ3n) is 4.92. The zero-order chi connectivity index (χ0) is 21.7. The maximum absolute atomic E-state index is 13.2. The monoisotopic (exact) mass is 428 g/mol. The predicted molar refractivity (Wildman–Crippen MR) is 104 cm³/mol. The Morgan fingerprint density at radius 3 is 2.77 bits per heavy atom. The van der Waals surface area contributed by atoms with Gasteiger partial charge in [-0.05, 0) is 37.0 Å². The summed E-state index contributed by atoms with van der Waals surface area (Å²) in [5.74, 6) is 0.185. The topological polar surface area (TPSA) is 76.2 Å². The van der Waals surface area contributed by atoms with Gasteiger partial charge in [0.25, 0.3) is 0 Å². The molecule has 0 saturated carbocycles. The van der Waals surface area contributed by atoms with Crippen molar-refractivity contribution in [1.29, 1.82) is 0 Å². The molecule has 1 aromatic carbocycles. The third kappa shape index (κ3) is 5.19. The van der Waals surface area contributed by atoms with Crippen LogP contribution in [-0.4, -0.2) is 33.9 Å². The molecule has 30 heavy (non-hydrogen) atoms. The number of nitrogens with one attached hydrogen (secondary N) is 2. The van der Waals surface area contributed by atoms with Gasteiger partial charge in [0.05, 0.1) is 5.56 Å². The van der Waals surface area contributed by atoms with Crippen LogP contribution in [0.2, 0.25) is 0 Å². The maximum Gasteiger partial charge on any atom is 0.416 e. The fourth-order valence-corrected chi connectivity index (χ4v) is 3.40. The van der Waals surface area contributed by atoms with Gasteiger partial charge in [0.15, 0.2) is 5.96 Å². The summed E-state index contributed by atoms with van der Waals surface area (Å²) in [6, 6.07) is 2.57. The molecule has 0 spiro atoms. The molecule has 2 heterocycles. The van der Waals surface area contributed by atoms with E-state index in [-0.39, 0.29) is 17.8 Å². The molecular formula is C19H24F4N6O. The first-order valence-corrected chi connectivity index (χ1v) is 9.76. The summed E-state index contributed by atoms with van der Waals surface area (Å²) in [6.07, 6.45) is -1.24. The number of fused-ring (bicyclic) bond motifs is 1. The van der Waals surface area contributed by atoms with Gasteiger partial charge in [-0.25, -0.2) is 13.9 Å². The van der Waals surface area contributed by atoms with Crippen LogP contribution in [0.4, 0.5) is 17.6 Å². The molecule has 3 rings (SSSR count). The second-order valence-corrected chi connectivity index (χ2v) is 7.04. The van der Waals surface area contributed by atoms with Crippen LogP contribution in [0.1, 0.15) is 36.2 Å². The molecule has 0 fully saturated rings. The molecule has 164 valence electrons. The van der Waals surface area contributed by atoms with E-state index in [2.05, 4.69) is 20.7 Å². The van der Waals surface area contributed by atoms with E-state index in [4.69, 9.17) is 0 Å². The highest BCUT2D eigenvalue weighted by atomic mass is 19.4. The lowest BCUT2D eigenvalue weighted by atomic mass is 10.1. The summed E-state index contributed by atoms with van der Waals surface area (Å²) >= 11 is 0. The number of nitrogens with zero attached hydrogens (tertiary/aromatic N) is 4. The van der Waals surface area contributed by atoms with E-state index in [0.717, 1.165) is 37.2 Å². The van der Waals surface area contributed by atoms with E-state index in [9.17, 15) is 22.4 Å². The minimum absolute atomic E-state index is 0.0815. The molecular weight excluding hydrogens is 404 g/mol. The van der Waals surface area contributed by atoms with Crippen LogP contribution in [0.15, 0.2) is 28.0 Å². The van der Waals surface area contributed by atoms with Crippen molar-refractivity contribution >= 4 is 5.96 Å². The smallest absolute Gasteiger partial charge is 0.356 e. The highest BCUT2D eigenvalue weighted by Crippen LogP contribution is 2.32. The fraction of sp³-hybridized carbons (Fsp3) is 0.526. The maximum atomic E-state index is 13.2. The van der Waals surface area contributed by atoms with Gasteiger partial charge < -0.3 is 10.6 Å². The quantitative estimate of drug-likeness (QED) is 0.320. The second kappa shape index (κ2) is 9.31. The summed E-state index contributed by atoms with van der Waals surface area (Å²) in [4.78, 5) is 16.3. The molecule has 1 aliphatic heterocycles. The van der Waals surface area contributed by atoms with Crippen LogP contribution in [0.5, 0.6) is 0 Å². The van der Waals surface area contributed by atoms with Crippen molar-refractivity contribution in [1.82, 2.24) is 25.0 Å². The van der Waals surface area contributed by atoms with E-state index in [1.807, 2.05) is 0 Å². The SMILES string of the molecule is CN=C(NCCCn1nc2n(c1=O)CCCC2)NCc1ccc(F)cc1C(F)(F)F. The lowest BCUT2D eigenvalue weighted by Crippen LogP contribution is -2.38. The molecule has 0 unspecified atom stereocenters. The first-order chi connectivity index (χ1) is 14.3. The van der Waals surface area contributed by atoms with Crippen LogP contribution in [0, 0.1) is 5.82 Å². The zero-order valence-corrected chi connectivity index (χ0v) is 16.6. The van der Waals surface area contributed by atoms with E-state index in [1.54, 1.807) is 4.57 Å². The van der Waals surface area contributed by atoms with Gasteiger partial charge in [-0.15, -0.1) is 0 Å². The fourth-order valence-electron chi connectivity index (χ4n) is 3.40. The third-order valence-corrected chi connectivity index (χ3v) is 4.92. The number of hydrogen-bond acceptors (Lipinski definition) is 3. The van der Waals surface area contributed by atoms with Gasteiger partial charge in [0.2, 0.25) is 0 Å². The molecule has 0 atom stereocenters. The van der Waals surface area contributed by atoms with Crippen molar-refractivity contribution in [2.24, 2.45) is 4.99 Å². The molecule has 11 heteroatoms. The highest BCUT2D eigenvalue weighted by molar-refractivity contribution is 5.79. The number of halogens is 4. The number of guanidine groups is 1. The zero-order valence-electron chi connectivity index (χ0n) is 16.6. The number of aromatic nitrogens is 3. The minimum atomic E-state index is -4.65. The van der Waals surface area contributed by atoms with Gasteiger partial charge in [0, 0.05) is 39.6 Å². The lowest BCUT2D eigenvalue weighted by Gasteiger charge is -2.16. The standard InChI is InChI=1S/C19H24F4N6O/c1-24-17(26-12-13-6-7-14(20)11-15(13)19(21,22)23)25-8-4-10-29-18(30)28-9-3-2-5-16(28)27-29/h6-7,11H,2-5,8-10,12H2,1H3,(H2,24,25,26). The Balaban J connectivity index is 1.51. The van der Waals surface area contributed by atoms with Crippen LogP contribution in [0.25, 0.3) is 0 Å². The van der Waals surface area contributed by atoms with Gasteiger partial charge in [-0.3, -0.25) is 9.56 Å².